The molecule has 0 fully saturated rings. The second-order valence-corrected chi connectivity index (χ2v) is 5.33. The van der Waals surface area contributed by atoms with Crippen molar-refractivity contribution in [2.24, 2.45) is 0 Å². The minimum Gasteiger partial charge on any atom is -0.497 e. The van der Waals surface area contributed by atoms with Crippen molar-refractivity contribution in [3.63, 3.8) is 0 Å². The van der Waals surface area contributed by atoms with E-state index in [-0.39, 0.29) is 0 Å². The summed E-state index contributed by atoms with van der Waals surface area (Å²) in [6.45, 7) is 0. The number of aliphatic hydroxyl groups excluding tert-OH is 1. The third kappa shape index (κ3) is 2.69. The standard InChI is InChI=1S/C16H14ClFO3/c1-20-10-3-5-12-14(19)8-16(21-15(12)7-10)11-4-2-9(18)6-13(11)17/h2-7,14,16,19H,8H2,1H3/t14-,16?/m1/s1. The Balaban J connectivity index is 1.96. The molecule has 1 unspecified atom stereocenters. The summed E-state index contributed by atoms with van der Waals surface area (Å²) < 4.78 is 24.2. The predicted octanol–water partition coefficient (Wildman–Crippen LogP) is 4.04. The summed E-state index contributed by atoms with van der Waals surface area (Å²) in [5, 5.41) is 10.6. The van der Waals surface area contributed by atoms with Crippen molar-refractivity contribution in [3.8, 4) is 11.5 Å². The van der Waals surface area contributed by atoms with Crippen LogP contribution in [-0.4, -0.2) is 12.2 Å². The highest BCUT2D eigenvalue weighted by molar-refractivity contribution is 6.31. The third-order valence-corrected chi connectivity index (χ3v) is 3.92. The van der Waals surface area contributed by atoms with Crippen molar-refractivity contribution in [2.45, 2.75) is 18.6 Å². The maximum Gasteiger partial charge on any atom is 0.129 e. The number of hydrogen-bond acceptors (Lipinski definition) is 3. The monoisotopic (exact) mass is 308 g/mol. The Kier molecular flexibility index (Phi) is 3.74. The first kappa shape index (κ1) is 14.2. The first-order valence-electron chi connectivity index (χ1n) is 6.56. The van der Waals surface area contributed by atoms with Crippen LogP contribution in [-0.2, 0) is 0 Å². The zero-order valence-electron chi connectivity index (χ0n) is 11.3. The van der Waals surface area contributed by atoms with Gasteiger partial charge in [-0.2, -0.15) is 0 Å². The number of methoxy groups -OCH3 is 1. The molecular formula is C16H14ClFO3. The van der Waals surface area contributed by atoms with E-state index in [4.69, 9.17) is 21.1 Å². The van der Waals surface area contributed by atoms with Gasteiger partial charge >= 0.3 is 0 Å². The summed E-state index contributed by atoms with van der Waals surface area (Å²) >= 11 is 6.07. The van der Waals surface area contributed by atoms with E-state index in [2.05, 4.69) is 0 Å². The lowest BCUT2D eigenvalue weighted by molar-refractivity contribution is 0.0655. The van der Waals surface area contributed by atoms with Crippen LogP contribution >= 0.6 is 11.6 Å². The van der Waals surface area contributed by atoms with E-state index in [1.165, 1.54) is 12.1 Å². The predicted molar refractivity (Wildman–Crippen MR) is 77.3 cm³/mol. The number of rotatable bonds is 2. The molecule has 1 aliphatic heterocycles. The molecule has 0 amide bonds. The van der Waals surface area contributed by atoms with Crippen molar-refractivity contribution in [1.82, 2.24) is 0 Å². The summed E-state index contributed by atoms with van der Waals surface area (Å²) in [6.07, 6.45) is -0.719. The second kappa shape index (κ2) is 5.54. The van der Waals surface area contributed by atoms with Crippen LogP contribution in [0.1, 0.15) is 29.8 Å². The number of ether oxygens (including phenoxy) is 2. The molecule has 2 aromatic rings. The van der Waals surface area contributed by atoms with Gasteiger partial charge in [-0.05, 0) is 24.3 Å². The second-order valence-electron chi connectivity index (χ2n) is 4.93. The van der Waals surface area contributed by atoms with Gasteiger partial charge in [-0.1, -0.05) is 17.7 Å². The van der Waals surface area contributed by atoms with E-state index in [0.717, 1.165) is 0 Å². The fraction of sp³-hybridized carbons (Fsp3) is 0.250. The van der Waals surface area contributed by atoms with E-state index in [9.17, 15) is 9.50 Å². The van der Waals surface area contributed by atoms with Crippen LogP contribution in [0.3, 0.4) is 0 Å². The molecule has 0 aliphatic carbocycles. The fourth-order valence-electron chi connectivity index (χ4n) is 2.50. The van der Waals surface area contributed by atoms with E-state index in [1.54, 1.807) is 31.4 Å². The Morgan fingerprint density at radius 1 is 1.24 bits per heavy atom. The summed E-state index contributed by atoms with van der Waals surface area (Å²) in [5.41, 5.74) is 1.37. The van der Waals surface area contributed by atoms with Gasteiger partial charge in [0.15, 0.2) is 0 Å². The normalized spacial score (nSPS) is 20.6. The van der Waals surface area contributed by atoms with Crippen molar-refractivity contribution in [3.05, 3.63) is 58.4 Å². The van der Waals surface area contributed by atoms with Gasteiger partial charge in [0.2, 0.25) is 0 Å². The Morgan fingerprint density at radius 3 is 2.71 bits per heavy atom. The van der Waals surface area contributed by atoms with E-state index < -0.39 is 18.0 Å². The van der Waals surface area contributed by atoms with Crippen molar-refractivity contribution < 1.29 is 19.0 Å². The molecule has 1 heterocycles. The lowest BCUT2D eigenvalue weighted by atomic mass is 9.95. The minimum absolute atomic E-state index is 0.290. The Bertz CT molecular complexity index is 675. The molecule has 0 saturated carbocycles. The first-order valence-corrected chi connectivity index (χ1v) is 6.94. The number of hydrogen-bond donors (Lipinski definition) is 1. The number of aliphatic hydroxyl groups is 1. The molecule has 2 aromatic carbocycles. The lowest BCUT2D eigenvalue weighted by Crippen LogP contribution is -2.19. The fourth-order valence-corrected chi connectivity index (χ4v) is 2.79. The minimum atomic E-state index is -0.661. The molecule has 0 aromatic heterocycles. The quantitative estimate of drug-likeness (QED) is 0.910. The van der Waals surface area contributed by atoms with Gasteiger partial charge in [0.1, 0.15) is 23.4 Å². The molecule has 2 atom stereocenters. The maximum atomic E-state index is 13.1. The lowest BCUT2D eigenvalue weighted by Gasteiger charge is -2.30. The highest BCUT2D eigenvalue weighted by atomic mass is 35.5. The number of benzene rings is 2. The average molecular weight is 309 g/mol. The zero-order valence-corrected chi connectivity index (χ0v) is 12.1. The molecule has 3 nitrogen and oxygen atoms in total. The van der Waals surface area contributed by atoms with Crippen LogP contribution in [0.2, 0.25) is 5.02 Å². The summed E-state index contributed by atoms with van der Waals surface area (Å²) in [4.78, 5) is 0. The Labute approximate surface area is 126 Å². The highest BCUT2D eigenvalue weighted by Crippen LogP contribution is 2.43. The van der Waals surface area contributed by atoms with Crippen LogP contribution in [0, 0.1) is 5.82 Å². The third-order valence-electron chi connectivity index (χ3n) is 3.60. The zero-order chi connectivity index (χ0) is 15.0. The summed E-state index contributed by atoms with van der Waals surface area (Å²) in [5.74, 6) is 0.799. The van der Waals surface area contributed by atoms with Crippen LogP contribution in [0.4, 0.5) is 4.39 Å². The van der Waals surface area contributed by atoms with Gasteiger partial charge in [0.25, 0.3) is 0 Å². The van der Waals surface area contributed by atoms with Gasteiger partial charge in [0, 0.05) is 23.6 Å². The molecule has 1 aliphatic rings. The SMILES string of the molecule is COc1ccc2c(c1)OC(c1ccc(F)cc1Cl)C[C@H]2O. The van der Waals surface area contributed by atoms with E-state index in [1.807, 2.05) is 0 Å². The van der Waals surface area contributed by atoms with Gasteiger partial charge in [-0.25, -0.2) is 4.39 Å². The van der Waals surface area contributed by atoms with Crippen molar-refractivity contribution in [1.29, 1.82) is 0 Å². The molecule has 0 bridgehead atoms. The highest BCUT2D eigenvalue weighted by Gasteiger charge is 2.29. The van der Waals surface area contributed by atoms with Gasteiger partial charge in [-0.3, -0.25) is 0 Å². The van der Waals surface area contributed by atoms with Crippen molar-refractivity contribution in [2.75, 3.05) is 7.11 Å². The molecule has 3 rings (SSSR count). The Morgan fingerprint density at radius 2 is 2.00 bits per heavy atom. The summed E-state index contributed by atoms with van der Waals surface area (Å²) in [7, 11) is 1.56. The van der Waals surface area contributed by atoms with Crippen LogP contribution in [0.25, 0.3) is 0 Å². The maximum absolute atomic E-state index is 13.1. The van der Waals surface area contributed by atoms with Crippen LogP contribution in [0.5, 0.6) is 11.5 Å². The summed E-state index contributed by atoms with van der Waals surface area (Å²) in [6, 6.07) is 9.44. The molecule has 0 spiro atoms. The largest absolute Gasteiger partial charge is 0.497 e. The van der Waals surface area contributed by atoms with E-state index >= 15 is 0 Å². The molecular weight excluding hydrogens is 295 g/mol. The van der Waals surface area contributed by atoms with Gasteiger partial charge in [0.05, 0.1) is 18.2 Å². The van der Waals surface area contributed by atoms with E-state index in [0.29, 0.717) is 34.1 Å². The molecule has 0 radical (unpaired) electrons. The molecule has 21 heavy (non-hydrogen) atoms. The van der Waals surface area contributed by atoms with Gasteiger partial charge in [-0.15, -0.1) is 0 Å². The molecule has 5 heteroatoms. The first-order chi connectivity index (χ1) is 10.1. The van der Waals surface area contributed by atoms with Gasteiger partial charge < -0.3 is 14.6 Å². The smallest absolute Gasteiger partial charge is 0.129 e. The molecule has 1 N–H and O–H groups in total. The Hall–Kier alpha value is -1.78. The number of halogens is 2. The average Bonchev–Trinajstić information content (AvgIpc) is 2.46. The van der Waals surface area contributed by atoms with Crippen LogP contribution in [0.15, 0.2) is 36.4 Å². The topological polar surface area (TPSA) is 38.7 Å². The number of fused-ring (bicyclic) bond motifs is 1. The molecule has 110 valence electrons. The van der Waals surface area contributed by atoms with Crippen LogP contribution < -0.4 is 9.47 Å². The molecule has 0 saturated heterocycles. The van der Waals surface area contributed by atoms with Crippen molar-refractivity contribution >= 4 is 11.6 Å².